The first kappa shape index (κ1) is 21.2. The molecule has 0 aliphatic rings. The Labute approximate surface area is 160 Å². The molecule has 0 radical (unpaired) electrons. The van der Waals surface area contributed by atoms with Gasteiger partial charge in [0.05, 0.1) is 12.7 Å². The minimum absolute atomic E-state index is 0.159. The smallest absolute Gasteiger partial charge is 0.157 e. The van der Waals surface area contributed by atoms with Crippen molar-refractivity contribution in [2.75, 3.05) is 19.8 Å². The summed E-state index contributed by atoms with van der Waals surface area (Å²) in [6.45, 7) is 5.76. The van der Waals surface area contributed by atoms with Crippen molar-refractivity contribution in [1.29, 1.82) is 0 Å². The lowest BCUT2D eigenvalue weighted by Gasteiger charge is -2.26. The molecule has 2 aromatic rings. The molecule has 0 saturated carbocycles. The average Bonchev–Trinajstić information content (AvgIpc) is 2.70. The Bertz CT molecular complexity index is 623. The molecule has 0 aliphatic carbocycles. The number of benzene rings is 2. The van der Waals surface area contributed by atoms with Crippen molar-refractivity contribution in [1.82, 2.24) is 0 Å². The molecule has 5 heteroatoms. The summed E-state index contributed by atoms with van der Waals surface area (Å²) in [5, 5.41) is 18.3. The van der Waals surface area contributed by atoms with Crippen LogP contribution in [0.15, 0.2) is 48.5 Å². The minimum Gasteiger partial charge on any atom is -0.491 e. The summed E-state index contributed by atoms with van der Waals surface area (Å²) in [7, 11) is 0. The third-order valence-electron chi connectivity index (χ3n) is 4.69. The second kappa shape index (κ2) is 9.72. The second-order valence-corrected chi connectivity index (χ2v) is 7.14. The van der Waals surface area contributed by atoms with Crippen LogP contribution >= 0.6 is 0 Å². The number of alkyl halides is 1. The monoisotopic (exact) mass is 376 g/mol. The lowest BCUT2D eigenvalue weighted by atomic mass is 9.78. The summed E-state index contributed by atoms with van der Waals surface area (Å²) in [6, 6.07) is 15.4. The van der Waals surface area contributed by atoms with Gasteiger partial charge >= 0.3 is 0 Å². The summed E-state index contributed by atoms with van der Waals surface area (Å²) in [6.07, 6.45) is -1.16. The fourth-order valence-corrected chi connectivity index (χ4v) is 2.65. The molecule has 27 heavy (non-hydrogen) atoms. The van der Waals surface area contributed by atoms with E-state index in [2.05, 4.69) is 13.8 Å². The zero-order valence-electron chi connectivity index (χ0n) is 16.2. The molecule has 0 saturated heterocycles. The molecule has 0 spiro atoms. The normalized spacial score (nSPS) is 13.9. The lowest BCUT2D eigenvalue weighted by molar-refractivity contribution is 0.104. The molecule has 148 valence electrons. The van der Waals surface area contributed by atoms with Crippen LogP contribution in [-0.4, -0.2) is 42.3 Å². The first-order chi connectivity index (χ1) is 12.9. The van der Waals surface area contributed by atoms with E-state index in [-0.39, 0.29) is 18.6 Å². The molecule has 0 amide bonds. The summed E-state index contributed by atoms with van der Waals surface area (Å²) in [5.41, 5.74) is 2.00. The molecule has 2 N–H and O–H groups in total. The molecule has 0 aliphatic heterocycles. The van der Waals surface area contributed by atoms with E-state index in [0.717, 1.165) is 16.9 Å². The molecular weight excluding hydrogens is 347 g/mol. The predicted octanol–water partition coefficient (Wildman–Crippen LogP) is 3.87. The van der Waals surface area contributed by atoms with Gasteiger partial charge in [0, 0.05) is 5.41 Å². The van der Waals surface area contributed by atoms with Gasteiger partial charge < -0.3 is 19.7 Å². The van der Waals surface area contributed by atoms with Crippen LogP contribution in [0.5, 0.6) is 11.5 Å². The third kappa shape index (κ3) is 5.94. The van der Waals surface area contributed by atoms with Crippen molar-refractivity contribution in [2.45, 2.75) is 44.9 Å². The van der Waals surface area contributed by atoms with Crippen LogP contribution < -0.4 is 9.47 Å². The van der Waals surface area contributed by atoms with Crippen LogP contribution in [-0.2, 0) is 5.41 Å². The molecule has 0 fully saturated rings. The van der Waals surface area contributed by atoms with Crippen LogP contribution in [0, 0.1) is 0 Å². The Morgan fingerprint density at radius 3 is 1.74 bits per heavy atom. The van der Waals surface area contributed by atoms with Crippen molar-refractivity contribution in [3.8, 4) is 11.5 Å². The minimum atomic E-state index is -1.37. The largest absolute Gasteiger partial charge is 0.491 e. The number of aliphatic hydroxyl groups is 2. The maximum atomic E-state index is 13.1. The van der Waals surface area contributed by atoms with E-state index in [1.807, 2.05) is 55.5 Å². The Morgan fingerprint density at radius 1 is 0.889 bits per heavy atom. The van der Waals surface area contributed by atoms with Gasteiger partial charge in [-0.2, -0.15) is 0 Å². The maximum absolute atomic E-state index is 13.1. The molecule has 0 aromatic heterocycles. The molecule has 2 rings (SSSR count). The second-order valence-electron chi connectivity index (χ2n) is 7.14. The van der Waals surface area contributed by atoms with Crippen molar-refractivity contribution in [2.24, 2.45) is 0 Å². The van der Waals surface area contributed by atoms with Gasteiger partial charge in [-0.3, -0.25) is 0 Å². The fourth-order valence-electron chi connectivity index (χ4n) is 2.65. The van der Waals surface area contributed by atoms with Crippen molar-refractivity contribution in [3.63, 3.8) is 0 Å². The number of rotatable bonds is 10. The van der Waals surface area contributed by atoms with Crippen LogP contribution in [0.1, 0.15) is 38.3 Å². The Hall–Kier alpha value is -2.11. The third-order valence-corrected chi connectivity index (χ3v) is 4.69. The van der Waals surface area contributed by atoms with Crippen LogP contribution in [0.2, 0.25) is 0 Å². The number of aliphatic hydroxyl groups excluding tert-OH is 2. The van der Waals surface area contributed by atoms with Gasteiger partial charge in [-0.1, -0.05) is 45.0 Å². The van der Waals surface area contributed by atoms with Crippen molar-refractivity contribution in [3.05, 3.63) is 59.7 Å². The van der Waals surface area contributed by atoms with E-state index in [1.54, 1.807) is 0 Å². The topological polar surface area (TPSA) is 58.9 Å². The van der Waals surface area contributed by atoms with E-state index in [1.165, 1.54) is 0 Å². The van der Waals surface area contributed by atoms with Gasteiger partial charge in [0.15, 0.2) is 6.17 Å². The van der Waals surface area contributed by atoms with Crippen molar-refractivity contribution < 1.29 is 24.1 Å². The maximum Gasteiger partial charge on any atom is 0.157 e. The number of hydrogen-bond acceptors (Lipinski definition) is 4. The highest BCUT2D eigenvalue weighted by Crippen LogP contribution is 2.33. The molecule has 2 aromatic carbocycles. The lowest BCUT2D eigenvalue weighted by Crippen LogP contribution is -2.19. The van der Waals surface area contributed by atoms with Gasteiger partial charge in [0.1, 0.15) is 24.7 Å². The molecule has 2 unspecified atom stereocenters. The van der Waals surface area contributed by atoms with E-state index in [4.69, 9.17) is 14.6 Å². The summed E-state index contributed by atoms with van der Waals surface area (Å²) in [5.74, 6) is 1.30. The Balaban J connectivity index is 2.04. The highest BCUT2D eigenvalue weighted by molar-refractivity contribution is 5.41. The summed E-state index contributed by atoms with van der Waals surface area (Å²) >= 11 is 0. The fraction of sp³-hybridized carbons (Fsp3) is 0.455. The number of hydrogen-bond donors (Lipinski definition) is 2. The molecule has 0 heterocycles. The first-order valence-corrected chi connectivity index (χ1v) is 9.26. The zero-order valence-corrected chi connectivity index (χ0v) is 16.2. The molecule has 2 atom stereocenters. The first-order valence-electron chi connectivity index (χ1n) is 9.26. The van der Waals surface area contributed by atoms with Gasteiger partial charge in [-0.05, 0) is 41.8 Å². The van der Waals surface area contributed by atoms with E-state index < -0.39 is 18.9 Å². The Morgan fingerprint density at radius 2 is 1.33 bits per heavy atom. The zero-order chi connectivity index (χ0) is 19.9. The molecular formula is C22H29FO4. The Kier molecular flexibility index (Phi) is 7.63. The van der Waals surface area contributed by atoms with Crippen LogP contribution in [0.25, 0.3) is 0 Å². The highest BCUT2D eigenvalue weighted by Gasteiger charge is 2.23. The SMILES string of the molecule is CCC(O)COc1ccc(C(C)(C)c2ccc(OCC(F)CO)cc2)cc1. The standard InChI is InChI=1S/C22H29FO4/c1-4-19(25)15-27-21-11-7-17(8-12-21)22(2,3)16-5-9-20(10-6-16)26-14-18(23)13-24/h5-12,18-19,24-25H,4,13-15H2,1-3H3. The van der Waals surface area contributed by atoms with E-state index in [9.17, 15) is 9.50 Å². The van der Waals surface area contributed by atoms with E-state index in [0.29, 0.717) is 12.2 Å². The quantitative estimate of drug-likeness (QED) is 0.661. The van der Waals surface area contributed by atoms with E-state index >= 15 is 0 Å². The number of ether oxygens (including phenoxy) is 2. The average molecular weight is 376 g/mol. The predicted molar refractivity (Wildman–Crippen MR) is 104 cm³/mol. The highest BCUT2D eigenvalue weighted by atomic mass is 19.1. The van der Waals surface area contributed by atoms with Crippen LogP contribution in [0.4, 0.5) is 4.39 Å². The van der Waals surface area contributed by atoms with Gasteiger partial charge in [0.25, 0.3) is 0 Å². The van der Waals surface area contributed by atoms with Gasteiger partial charge in [0.2, 0.25) is 0 Å². The molecule has 0 bridgehead atoms. The van der Waals surface area contributed by atoms with Crippen molar-refractivity contribution >= 4 is 0 Å². The van der Waals surface area contributed by atoms with Gasteiger partial charge in [-0.25, -0.2) is 4.39 Å². The molecule has 4 nitrogen and oxygen atoms in total. The van der Waals surface area contributed by atoms with Gasteiger partial charge in [-0.15, -0.1) is 0 Å². The number of halogens is 1. The summed E-state index contributed by atoms with van der Waals surface area (Å²) in [4.78, 5) is 0. The van der Waals surface area contributed by atoms with Crippen LogP contribution in [0.3, 0.4) is 0 Å². The summed E-state index contributed by atoms with van der Waals surface area (Å²) < 4.78 is 24.0.